The van der Waals surface area contributed by atoms with Gasteiger partial charge >= 0.3 is 0 Å². The average Bonchev–Trinajstić information content (AvgIpc) is 3.05. The van der Waals surface area contributed by atoms with E-state index in [1.54, 1.807) is 12.4 Å². The normalized spacial score (nSPS) is 18.3. The van der Waals surface area contributed by atoms with Crippen molar-refractivity contribution in [2.45, 2.75) is 24.9 Å². The lowest BCUT2D eigenvalue weighted by Gasteiger charge is -2.40. The topological polar surface area (TPSA) is 87.4 Å². The van der Waals surface area contributed by atoms with Crippen LogP contribution in [0.4, 0.5) is 5.82 Å². The first kappa shape index (κ1) is 18.1. The SMILES string of the molecule is Cn1c(C(=O)N2CC(c3nccnc3N3CCC(O)CC3)C2)nc2ccccc21. The molecule has 2 aromatic heterocycles. The van der Waals surface area contributed by atoms with Crippen molar-refractivity contribution in [2.75, 3.05) is 31.1 Å². The van der Waals surface area contributed by atoms with Crippen LogP contribution in [0.1, 0.15) is 35.1 Å². The van der Waals surface area contributed by atoms with Gasteiger partial charge in [0.25, 0.3) is 5.91 Å². The number of aliphatic hydroxyl groups excluding tert-OH is 1. The van der Waals surface area contributed by atoms with Gasteiger partial charge < -0.3 is 19.5 Å². The minimum atomic E-state index is -0.225. The summed E-state index contributed by atoms with van der Waals surface area (Å²) in [6.45, 7) is 2.79. The minimum Gasteiger partial charge on any atom is -0.393 e. The monoisotopic (exact) mass is 392 g/mol. The molecule has 1 N–H and O–H groups in total. The zero-order chi connectivity index (χ0) is 20.0. The van der Waals surface area contributed by atoms with Crippen LogP contribution >= 0.6 is 0 Å². The summed E-state index contributed by atoms with van der Waals surface area (Å²) >= 11 is 0. The molecular weight excluding hydrogens is 368 g/mol. The van der Waals surface area contributed by atoms with Crippen molar-refractivity contribution in [3.05, 3.63) is 48.2 Å². The van der Waals surface area contributed by atoms with E-state index in [4.69, 9.17) is 0 Å². The summed E-state index contributed by atoms with van der Waals surface area (Å²) in [6, 6.07) is 7.78. The van der Waals surface area contributed by atoms with E-state index in [0.29, 0.717) is 18.9 Å². The van der Waals surface area contributed by atoms with Crippen LogP contribution in [0, 0.1) is 0 Å². The second-order valence-corrected chi connectivity index (χ2v) is 7.87. The van der Waals surface area contributed by atoms with E-state index in [1.165, 1.54) is 0 Å². The Labute approximate surface area is 168 Å². The maximum Gasteiger partial charge on any atom is 0.289 e. The Balaban J connectivity index is 1.32. The first-order valence-corrected chi connectivity index (χ1v) is 10.1. The Morgan fingerprint density at radius 1 is 1.10 bits per heavy atom. The van der Waals surface area contributed by atoms with Gasteiger partial charge in [-0.15, -0.1) is 0 Å². The van der Waals surface area contributed by atoms with Gasteiger partial charge in [-0.2, -0.15) is 0 Å². The number of aryl methyl sites for hydroxylation is 1. The molecule has 29 heavy (non-hydrogen) atoms. The number of benzene rings is 1. The molecule has 0 radical (unpaired) electrons. The largest absolute Gasteiger partial charge is 0.393 e. The number of anilines is 1. The minimum absolute atomic E-state index is 0.0496. The Bertz CT molecular complexity index is 1050. The molecule has 2 saturated heterocycles. The van der Waals surface area contributed by atoms with Gasteiger partial charge in [0.1, 0.15) is 0 Å². The van der Waals surface area contributed by atoms with Crippen LogP contribution in [0.15, 0.2) is 36.7 Å². The summed E-state index contributed by atoms with van der Waals surface area (Å²) < 4.78 is 1.86. The molecule has 2 fully saturated rings. The van der Waals surface area contributed by atoms with Gasteiger partial charge in [-0.05, 0) is 25.0 Å². The van der Waals surface area contributed by atoms with Crippen molar-refractivity contribution < 1.29 is 9.90 Å². The first-order valence-electron chi connectivity index (χ1n) is 10.1. The second-order valence-electron chi connectivity index (χ2n) is 7.87. The number of imidazole rings is 1. The lowest BCUT2D eigenvalue weighted by molar-refractivity contribution is 0.0582. The van der Waals surface area contributed by atoms with Crippen molar-refractivity contribution >= 4 is 22.8 Å². The van der Waals surface area contributed by atoms with Gasteiger partial charge in [0.05, 0.1) is 22.8 Å². The number of aromatic nitrogens is 4. The number of aliphatic hydroxyl groups is 1. The van der Waals surface area contributed by atoms with E-state index in [9.17, 15) is 9.90 Å². The van der Waals surface area contributed by atoms with Gasteiger partial charge in [0.2, 0.25) is 0 Å². The fourth-order valence-electron chi connectivity index (χ4n) is 4.25. The van der Waals surface area contributed by atoms with Crippen LogP contribution in [0.3, 0.4) is 0 Å². The molecule has 0 aliphatic carbocycles. The first-order chi connectivity index (χ1) is 14.1. The molecule has 3 aromatic rings. The zero-order valence-corrected chi connectivity index (χ0v) is 16.4. The molecule has 150 valence electrons. The van der Waals surface area contributed by atoms with Crippen molar-refractivity contribution in [1.29, 1.82) is 0 Å². The maximum atomic E-state index is 13.0. The Morgan fingerprint density at radius 2 is 1.83 bits per heavy atom. The second kappa shape index (κ2) is 7.11. The van der Waals surface area contributed by atoms with Crippen molar-refractivity contribution in [1.82, 2.24) is 24.4 Å². The summed E-state index contributed by atoms with van der Waals surface area (Å²) in [5.41, 5.74) is 2.73. The number of likely N-dealkylation sites (tertiary alicyclic amines) is 1. The van der Waals surface area contributed by atoms with Crippen LogP contribution in [0.25, 0.3) is 11.0 Å². The summed E-state index contributed by atoms with van der Waals surface area (Å²) in [4.78, 5) is 30.7. The molecular formula is C21H24N6O2. The van der Waals surface area contributed by atoms with Gasteiger partial charge in [-0.3, -0.25) is 9.78 Å². The summed E-state index contributed by atoms with van der Waals surface area (Å²) in [5.74, 6) is 1.48. The Hall–Kier alpha value is -3.00. The van der Waals surface area contributed by atoms with Crippen molar-refractivity contribution in [3.63, 3.8) is 0 Å². The highest BCUT2D eigenvalue weighted by atomic mass is 16.3. The third kappa shape index (κ3) is 3.13. The van der Waals surface area contributed by atoms with Gasteiger partial charge in [-0.25, -0.2) is 9.97 Å². The standard InChI is InChI=1S/C21H24N6O2/c1-25-17-5-3-2-4-16(17)24-20(25)21(29)27-12-14(13-27)18-19(23-9-8-22-18)26-10-6-15(28)7-11-26/h2-5,8-9,14-15,28H,6-7,10-13H2,1H3. The number of hydrogen-bond donors (Lipinski definition) is 1. The van der Waals surface area contributed by atoms with Crippen molar-refractivity contribution in [2.24, 2.45) is 7.05 Å². The predicted molar refractivity (Wildman–Crippen MR) is 109 cm³/mol. The molecule has 1 aromatic carbocycles. The van der Waals surface area contributed by atoms with Crippen LogP contribution in [-0.4, -0.2) is 67.7 Å². The van der Waals surface area contributed by atoms with E-state index >= 15 is 0 Å². The number of para-hydroxylation sites is 2. The van der Waals surface area contributed by atoms with Gasteiger partial charge in [0, 0.05) is 51.5 Å². The van der Waals surface area contributed by atoms with Crippen LogP contribution in [-0.2, 0) is 7.05 Å². The summed E-state index contributed by atoms with van der Waals surface area (Å²) in [6.07, 6.45) is 4.70. The fraction of sp³-hybridized carbons (Fsp3) is 0.429. The number of nitrogens with zero attached hydrogens (tertiary/aromatic N) is 6. The zero-order valence-electron chi connectivity index (χ0n) is 16.4. The number of rotatable bonds is 3. The maximum absolute atomic E-state index is 13.0. The highest BCUT2D eigenvalue weighted by Crippen LogP contribution is 2.33. The number of piperidine rings is 1. The molecule has 5 rings (SSSR count). The van der Waals surface area contributed by atoms with Crippen molar-refractivity contribution in [3.8, 4) is 0 Å². The van der Waals surface area contributed by atoms with Gasteiger partial charge in [0.15, 0.2) is 11.6 Å². The van der Waals surface area contributed by atoms with Crippen LogP contribution < -0.4 is 4.90 Å². The highest BCUT2D eigenvalue weighted by molar-refractivity contribution is 5.95. The van der Waals surface area contributed by atoms with E-state index in [0.717, 1.165) is 48.5 Å². The van der Waals surface area contributed by atoms with E-state index in [-0.39, 0.29) is 17.9 Å². The molecule has 0 spiro atoms. The molecule has 0 atom stereocenters. The molecule has 0 unspecified atom stereocenters. The predicted octanol–water partition coefficient (Wildman–Crippen LogP) is 1.56. The summed E-state index contributed by atoms with van der Waals surface area (Å²) in [5, 5.41) is 9.77. The van der Waals surface area contributed by atoms with E-state index in [2.05, 4.69) is 19.9 Å². The van der Waals surface area contributed by atoms with Crippen LogP contribution in [0.5, 0.6) is 0 Å². The fourth-order valence-corrected chi connectivity index (χ4v) is 4.25. The molecule has 4 heterocycles. The quantitative estimate of drug-likeness (QED) is 0.728. The molecule has 2 aliphatic rings. The molecule has 8 heteroatoms. The lowest BCUT2D eigenvalue weighted by atomic mass is 9.94. The number of amides is 1. The molecule has 8 nitrogen and oxygen atoms in total. The molecule has 0 bridgehead atoms. The van der Waals surface area contributed by atoms with Gasteiger partial charge in [-0.1, -0.05) is 12.1 Å². The smallest absolute Gasteiger partial charge is 0.289 e. The molecule has 1 amide bonds. The number of hydrogen-bond acceptors (Lipinski definition) is 6. The number of fused-ring (bicyclic) bond motifs is 1. The summed E-state index contributed by atoms with van der Waals surface area (Å²) in [7, 11) is 1.88. The Kier molecular flexibility index (Phi) is 4.43. The third-order valence-corrected chi connectivity index (χ3v) is 6.00. The average molecular weight is 392 g/mol. The highest BCUT2D eigenvalue weighted by Gasteiger charge is 2.37. The molecule has 2 aliphatic heterocycles. The molecule has 0 saturated carbocycles. The lowest BCUT2D eigenvalue weighted by Crippen LogP contribution is -2.50. The van der Waals surface area contributed by atoms with E-state index < -0.39 is 0 Å². The van der Waals surface area contributed by atoms with E-state index in [1.807, 2.05) is 40.8 Å². The van der Waals surface area contributed by atoms with Crippen LogP contribution in [0.2, 0.25) is 0 Å². The number of carbonyl (C=O) groups excluding carboxylic acids is 1. The third-order valence-electron chi connectivity index (χ3n) is 6.00. The Morgan fingerprint density at radius 3 is 2.59 bits per heavy atom. The number of carbonyl (C=O) groups is 1.